The van der Waals surface area contributed by atoms with Crippen LogP contribution in [0.25, 0.3) is 11.0 Å². The Morgan fingerprint density at radius 1 is 1.03 bits per heavy atom. The van der Waals surface area contributed by atoms with E-state index in [4.69, 9.17) is 27.9 Å². The number of hydrogen-bond acceptors (Lipinski definition) is 6. The van der Waals surface area contributed by atoms with E-state index in [-0.39, 0.29) is 33.8 Å². The number of aromatic nitrogens is 2. The number of carbonyl (C=O) groups excluding carboxylic acids is 2. The molecule has 0 aliphatic carbocycles. The Balaban J connectivity index is 1.33. The Labute approximate surface area is 234 Å². The quantitative estimate of drug-likeness (QED) is 0.309. The molecule has 3 N–H and O–H groups in total. The van der Waals surface area contributed by atoms with Crippen molar-refractivity contribution in [3.05, 3.63) is 97.8 Å². The van der Waals surface area contributed by atoms with Gasteiger partial charge in [0, 0.05) is 29.1 Å². The summed E-state index contributed by atoms with van der Waals surface area (Å²) in [7, 11) is 0. The minimum atomic E-state index is -0.665. The average Bonchev–Trinajstić information content (AvgIpc) is 2.93. The van der Waals surface area contributed by atoms with Gasteiger partial charge in [-0.3, -0.25) is 14.4 Å². The van der Waals surface area contributed by atoms with Crippen LogP contribution in [0.4, 0.5) is 11.5 Å². The number of H-pyrrole nitrogens is 1. The summed E-state index contributed by atoms with van der Waals surface area (Å²) in [5.41, 5.74) is 1.02. The van der Waals surface area contributed by atoms with E-state index in [2.05, 4.69) is 25.5 Å². The van der Waals surface area contributed by atoms with E-state index in [1.165, 1.54) is 18.2 Å². The van der Waals surface area contributed by atoms with Gasteiger partial charge in [0.25, 0.3) is 17.4 Å². The van der Waals surface area contributed by atoms with Crippen molar-refractivity contribution in [1.29, 1.82) is 0 Å². The smallest absolute Gasteiger partial charge is 0.262 e. The minimum Gasteiger partial charge on any atom is -0.378 e. The van der Waals surface area contributed by atoms with Crippen LogP contribution in [-0.2, 0) is 4.74 Å². The molecule has 1 aliphatic rings. The zero-order valence-corrected chi connectivity index (χ0v) is 22.5. The number of nitrogens with one attached hydrogen (secondary N) is 3. The topological polar surface area (TPSA) is 116 Å². The number of carbonyl (C=O) groups is 2. The fraction of sp³-hybridized carbons (Fsp3) is 0.214. The number of fused-ring (bicyclic) bond motifs is 1. The van der Waals surface area contributed by atoms with Gasteiger partial charge in [-0.05, 0) is 61.0 Å². The molecule has 1 unspecified atom stereocenters. The normalized spacial score (nSPS) is 14.2. The highest BCUT2D eigenvalue weighted by atomic mass is 35.5. The number of rotatable bonds is 6. The van der Waals surface area contributed by atoms with Crippen molar-refractivity contribution >= 4 is 57.6 Å². The van der Waals surface area contributed by atoms with Crippen LogP contribution >= 0.6 is 23.2 Å². The molecule has 0 saturated carbocycles. The molecule has 4 aromatic rings. The molecule has 11 heteroatoms. The van der Waals surface area contributed by atoms with Crippen LogP contribution in [0.2, 0.25) is 10.0 Å². The van der Waals surface area contributed by atoms with Gasteiger partial charge in [0.05, 0.1) is 30.0 Å². The lowest BCUT2D eigenvalue weighted by molar-refractivity contribution is 0.0938. The molecule has 0 bridgehead atoms. The highest BCUT2D eigenvalue weighted by Gasteiger charge is 2.18. The standard InChI is InChI=1S/C28H25Cl2N5O4/c1-16(17-3-2-4-20(29)13-17)31-26(36)19-5-7-22(30)23(15-19)32-27(37)21-14-18-6-8-24(33-25(18)34-28(21)38)35-9-11-39-12-10-35/h2-8,13-16H,9-12H2,1H3,(H,31,36)(H,32,37)(H,33,34,38). The van der Waals surface area contributed by atoms with E-state index in [0.717, 1.165) is 11.4 Å². The number of anilines is 2. The fourth-order valence-electron chi connectivity index (χ4n) is 4.30. The van der Waals surface area contributed by atoms with Crippen LogP contribution in [0.1, 0.15) is 39.2 Å². The number of nitrogens with zero attached hydrogens (tertiary/aromatic N) is 2. The summed E-state index contributed by atoms with van der Waals surface area (Å²) in [6.45, 7) is 4.48. The van der Waals surface area contributed by atoms with Crippen LogP contribution < -0.4 is 21.1 Å². The molecule has 1 fully saturated rings. The fourth-order valence-corrected chi connectivity index (χ4v) is 4.66. The van der Waals surface area contributed by atoms with Crippen molar-refractivity contribution in [2.24, 2.45) is 0 Å². The van der Waals surface area contributed by atoms with Gasteiger partial charge >= 0.3 is 0 Å². The highest BCUT2D eigenvalue weighted by Crippen LogP contribution is 2.25. The molecule has 2 amide bonds. The Morgan fingerprint density at radius 3 is 2.59 bits per heavy atom. The predicted octanol–water partition coefficient (Wildman–Crippen LogP) is 4.81. The number of pyridine rings is 2. The first-order chi connectivity index (χ1) is 18.8. The second kappa shape index (κ2) is 11.4. The van der Waals surface area contributed by atoms with E-state index in [1.54, 1.807) is 24.3 Å². The zero-order chi connectivity index (χ0) is 27.5. The van der Waals surface area contributed by atoms with Gasteiger partial charge in [0.2, 0.25) is 0 Å². The van der Waals surface area contributed by atoms with Crippen molar-refractivity contribution in [1.82, 2.24) is 15.3 Å². The highest BCUT2D eigenvalue weighted by molar-refractivity contribution is 6.34. The Bertz CT molecular complexity index is 1620. The largest absolute Gasteiger partial charge is 0.378 e. The van der Waals surface area contributed by atoms with E-state index >= 15 is 0 Å². The molecule has 1 aliphatic heterocycles. The molecule has 200 valence electrons. The maximum atomic E-state index is 13.1. The Morgan fingerprint density at radius 2 is 1.82 bits per heavy atom. The lowest BCUT2D eigenvalue weighted by Crippen LogP contribution is -2.36. The molecule has 5 rings (SSSR count). The third kappa shape index (κ3) is 6.06. The second-order valence-corrected chi connectivity index (χ2v) is 9.96. The maximum absolute atomic E-state index is 13.1. The lowest BCUT2D eigenvalue weighted by atomic mass is 10.1. The van der Waals surface area contributed by atoms with Crippen molar-refractivity contribution in [3.63, 3.8) is 0 Å². The molecule has 3 heterocycles. The summed E-state index contributed by atoms with van der Waals surface area (Å²) in [4.78, 5) is 48.1. The van der Waals surface area contributed by atoms with Gasteiger partial charge in [-0.25, -0.2) is 4.98 Å². The van der Waals surface area contributed by atoms with Gasteiger partial charge in [-0.1, -0.05) is 35.3 Å². The molecular weight excluding hydrogens is 541 g/mol. The number of morpholine rings is 1. The van der Waals surface area contributed by atoms with Gasteiger partial charge in [0.1, 0.15) is 17.0 Å². The zero-order valence-electron chi connectivity index (χ0n) is 21.0. The molecule has 1 saturated heterocycles. The molecule has 2 aromatic heterocycles. The lowest BCUT2D eigenvalue weighted by Gasteiger charge is -2.27. The van der Waals surface area contributed by atoms with Gasteiger partial charge in [-0.15, -0.1) is 0 Å². The van der Waals surface area contributed by atoms with Gasteiger partial charge < -0.3 is 25.3 Å². The molecule has 0 spiro atoms. The van der Waals surface area contributed by atoms with Crippen LogP contribution in [-0.4, -0.2) is 48.1 Å². The number of ether oxygens (including phenoxy) is 1. The summed E-state index contributed by atoms with van der Waals surface area (Å²) in [5, 5.41) is 6.95. The van der Waals surface area contributed by atoms with Crippen LogP contribution in [0.5, 0.6) is 0 Å². The van der Waals surface area contributed by atoms with Crippen molar-refractivity contribution in [3.8, 4) is 0 Å². The monoisotopic (exact) mass is 565 g/mol. The third-order valence-electron chi connectivity index (χ3n) is 6.44. The predicted molar refractivity (Wildman–Crippen MR) is 152 cm³/mol. The van der Waals surface area contributed by atoms with Crippen LogP contribution in [0.3, 0.4) is 0 Å². The van der Waals surface area contributed by atoms with Crippen molar-refractivity contribution < 1.29 is 14.3 Å². The molecule has 1 atom stereocenters. The molecule has 2 aromatic carbocycles. The summed E-state index contributed by atoms with van der Waals surface area (Å²) in [6.07, 6.45) is 0. The van der Waals surface area contributed by atoms with Crippen molar-refractivity contribution in [2.75, 3.05) is 36.5 Å². The first-order valence-corrected chi connectivity index (χ1v) is 13.1. The number of amides is 2. The number of benzene rings is 2. The van der Waals surface area contributed by atoms with E-state index in [9.17, 15) is 14.4 Å². The van der Waals surface area contributed by atoms with E-state index in [1.807, 2.05) is 25.1 Å². The van der Waals surface area contributed by atoms with Crippen LogP contribution in [0, 0.1) is 0 Å². The van der Waals surface area contributed by atoms with Crippen LogP contribution in [0.15, 0.2) is 65.5 Å². The second-order valence-electron chi connectivity index (χ2n) is 9.12. The summed E-state index contributed by atoms with van der Waals surface area (Å²) in [6, 6.07) is 16.6. The first-order valence-electron chi connectivity index (χ1n) is 12.3. The first kappa shape index (κ1) is 26.7. The average molecular weight is 566 g/mol. The summed E-state index contributed by atoms with van der Waals surface area (Å²) < 4.78 is 5.38. The Hall–Kier alpha value is -3.92. The molecular formula is C28H25Cl2N5O4. The SMILES string of the molecule is CC(NC(=O)c1ccc(Cl)c(NC(=O)c2cc3ccc(N4CCOCC4)nc3[nH]c2=O)c1)c1cccc(Cl)c1. The molecule has 9 nitrogen and oxygen atoms in total. The minimum absolute atomic E-state index is 0.107. The summed E-state index contributed by atoms with van der Waals surface area (Å²) >= 11 is 12.4. The number of aromatic amines is 1. The van der Waals surface area contributed by atoms with E-state index < -0.39 is 11.5 Å². The summed E-state index contributed by atoms with van der Waals surface area (Å²) in [5.74, 6) is -0.298. The van der Waals surface area contributed by atoms with Gasteiger partial charge in [-0.2, -0.15) is 0 Å². The third-order valence-corrected chi connectivity index (χ3v) is 7.01. The van der Waals surface area contributed by atoms with E-state index in [0.29, 0.717) is 42.4 Å². The maximum Gasteiger partial charge on any atom is 0.262 e. The van der Waals surface area contributed by atoms with Crippen molar-refractivity contribution in [2.45, 2.75) is 13.0 Å². The Kier molecular flexibility index (Phi) is 7.83. The number of hydrogen-bond donors (Lipinski definition) is 3. The van der Waals surface area contributed by atoms with Gasteiger partial charge in [0.15, 0.2) is 0 Å². The molecule has 39 heavy (non-hydrogen) atoms. The number of halogens is 2. The molecule has 0 radical (unpaired) electrons.